The van der Waals surface area contributed by atoms with Gasteiger partial charge in [-0.25, -0.2) is 0 Å². The standard InChI is InChI=1S/C19H28N2O2S/c1-2-20(14-16-8-11-23-15-16)19(22)18(17-6-4-3-5-7-17)21-9-12-24-13-10-21/h3-7,16,18H,2,8-15H2,1H3/t16-,18-/m1/s1. The number of benzene rings is 1. The number of ether oxygens (including phenoxy) is 1. The van der Waals surface area contributed by atoms with Gasteiger partial charge in [-0.1, -0.05) is 30.3 Å². The lowest BCUT2D eigenvalue weighted by molar-refractivity contribution is -0.137. The zero-order valence-corrected chi connectivity index (χ0v) is 15.3. The SMILES string of the molecule is CCN(C[C@H]1CCOC1)C(=O)[C@@H](c1ccccc1)N1CCSCC1. The lowest BCUT2D eigenvalue weighted by Crippen LogP contribution is -2.47. The molecule has 0 saturated carbocycles. The quantitative estimate of drug-likeness (QED) is 0.791. The highest BCUT2D eigenvalue weighted by molar-refractivity contribution is 7.99. The van der Waals surface area contributed by atoms with Crippen LogP contribution in [0.15, 0.2) is 30.3 Å². The Morgan fingerprint density at radius 2 is 2.08 bits per heavy atom. The molecule has 1 aromatic carbocycles. The summed E-state index contributed by atoms with van der Waals surface area (Å²) in [5, 5.41) is 0. The third-order valence-corrected chi connectivity index (χ3v) is 5.90. The average molecular weight is 349 g/mol. The molecule has 132 valence electrons. The van der Waals surface area contributed by atoms with Gasteiger partial charge in [0.1, 0.15) is 6.04 Å². The fourth-order valence-electron chi connectivity index (χ4n) is 3.57. The minimum absolute atomic E-state index is 0.144. The van der Waals surface area contributed by atoms with Crippen molar-refractivity contribution in [2.24, 2.45) is 5.92 Å². The minimum Gasteiger partial charge on any atom is -0.381 e. The molecule has 0 radical (unpaired) electrons. The minimum atomic E-state index is -0.144. The number of thioether (sulfide) groups is 1. The van der Waals surface area contributed by atoms with Gasteiger partial charge in [-0.15, -0.1) is 0 Å². The van der Waals surface area contributed by atoms with Gasteiger partial charge in [0.15, 0.2) is 0 Å². The Balaban J connectivity index is 1.78. The van der Waals surface area contributed by atoms with Crippen LogP contribution in [-0.2, 0) is 9.53 Å². The Kier molecular flexibility index (Phi) is 6.58. The van der Waals surface area contributed by atoms with Gasteiger partial charge in [0, 0.05) is 50.2 Å². The van der Waals surface area contributed by atoms with Gasteiger partial charge >= 0.3 is 0 Å². The molecule has 2 aliphatic rings. The fraction of sp³-hybridized carbons (Fsp3) is 0.632. The molecule has 0 bridgehead atoms. The molecular formula is C19H28N2O2S. The van der Waals surface area contributed by atoms with Crippen LogP contribution in [0.3, 0.4) is 0 Å². The first-order chi connectivity index (χ1) is 11.8. The first-order valence-electron chi connectivity index (χ1n) is 9.03. The number of rotatable bonds is 6. The van der Waals surface area contributed by atoms with E-state index in [1.54, 1.807) is 0 Å². The van der Waals surface area contributed by atoms with Crippen LogP contribution in [0.2, 0.25) is 0 Å². The van der Waals surface area contributed by atoms with E-state index in [1.807, 2.05) is 34.9 Å². The van der Waals surface area contributed by atoms with E-state index in [0.29, 0.717) is 5.92 Å². The van der Waals surface area contributed by atoms with Crippen molar-refractivity contribution < 1.29 is 9.53 Å². The Hall–Kier alpha value is -1.04. The van der Waals surface area contributed by atoms with Crippen LogP contribution in [0, 0.1) is 5.92 Å². The van der Waals surface area contributed by atoms with E-state index in [4.69, 9.17) is 4.74 Å². The summed E-state index contributed by atoms with van der Waals surface area (Å²) < 4.78 is 5.49. The summed E-state index contributed by atoms with van der Waals surface area (Å²) in [5.74, 6) is 2.96. The molecule has 0 N–H and O–H groups in total. The lowest BCUT2D eigenvalue weighted by Gasteiger charge is -2.37. The molecule has 0 aliphatic carbocycles. The number of hydrogen-bond acceptors (Lipinski definition) is 4. The van der Waals surface area contributed by atoms with Crippen molar-refractivity contribution in [3.05, 3.63) is 35.9 Å². The largest absolute Gasteiger partial charge is 0.381 e. The molecule has 24 heavy (non-hydrogen) atoms. The number of hydrogen-bond donors (Lipinski definition) is 0. The van der Waals surface area contributed by atoms with Crippen molar-refractivity contribution in [3.63, 3.8) is 0 Å². The summed E-state index contributed by atoms with van der Waals surface area (Å²) in [7, 11) is 0. The van der Waals surface area contributed by atoms with Crippen LogP contribution in [0.5, 0.6) is 0 Å². The highest BCUT2D eigenvalue weighted by atomic mass is 32.2. The Morgan fingerprint density at radius 3 is 2.71 bits per heavy atom. The van der Waals surface area contributed by atoms with Gasteiger partial charge in [0.2, 0.25) is 5.91 Å². The van der Waals surface area contributed by atoms with Crippen LogP contribution >= 0.6 is 11.8 Å². The van der Waals surface area contributed by atoms with E-state index in [-0.39, 0.29) is 11.9 Å². The number of likely N-dealkylation sites (N-methyl/N-ethyl adjacent to an activating group) is 1. The molecule has 5 heteroatoms. The first-order valence-corrected chi connectivity index (χ1v) is 10.2. The summed E-state index contributed by atoms with van der Waals surface area (Å²) in [6.45, 7) is 7.27. The predicted molar refractivity (Wildman–Crippen MR) is 99.3 cm³/mol. The van der Waals surface area contributed by atoms with E-state index < -0.39 is 0 Å². The summed E-state index contributed by atoms with van der Waals surface area (Å²) in [4.78, 5) is 17.8. The van der Waals surface area contributed by atoms with Gasteiger partial charge < -0.3 is 9.64 Å². The third-order valence-electron chi connectivity index (χ3n) is 4.96. The second kappa shape index (κ2) is 8.88. The predicted octanol–water partition coefficient (Wildman–Crippen LogP) is 2.66. The van der Waals surface area contributed by atoms with E-state index in [9.17, 15) is 4.79 Å². The fourth-order valence-corrected chi connectivity index (χ4v) is 4.50. The van der Waals surface area contributed by atoms with E-state index in [0.717, 1.165) is 62.9 Å². The topological polar surface area (TPSA) is 32.8 Å². The Labute approximate surface area is 149 Å². The summed E-state index contributed by atoms with van der Waals surface area (Å²) in [5.41, 5.74) is 1.12. The molecular weight excluding hydrogens is 320 g/mol. The van der Waals surface area contributed by atoms with Crippen molar-refractivity contribution in [2.45, 2.75) is 19.4 Å². The van der Waals surface area contributed by atoms with Crippen molar-refractivity contribution in [1.29, 1.82) is 0 Å². The van der Waals surface area contributed by atoms with Crippen molar-refractivity contribution in [2.75, 3.05) is 50.9 Å². The molecule has 2 aliphatic heterocycles. The molecule has 2 atom stereocenters. The van der Waals surface area contributed by atoms with E-state index >= 15 is 0 Å². The van der Waals surface area contributed by atoms with Gasteiger partial charge in [-0.05, 0) is 18.9 Å². The molecule has 3 rings (SSSR count). The number of carbonyl (C=O) groups is 1. The maximum atomic E-state index is 13.4. The summed E-state index contributed by atoms with van der Waals surface area (Å²) >= 11 is 1.98. The van der Waals surface area contributed by atoms with Gasteiger partial charge in [-0.3, -0.25) is 9.69 Å². The molecule has 1 aromatic rings. The molecule has 2 heterocycles. The van der Waals surface area contributed by atoms with E-state index in [2.05, 4.69) is 24.0 Å². The monoisotopic (exact) mass is 348 g/mol. The highest BCUT2D eigenvalue weighted by Gasteiger charge is 2.33. The number of nitrogens with zero attached hydrogens (tertiary/aromatic N) is 2. The molecule has 2 fully saturated rings. The highest BCUT2D eigenvalue weighted by Crippen LogP contribution is 2.27. The maximum absolute atomic E-state index is 13.4. The van der Waals surface area contributed by atoms with Crippen molar-refractivity contribution >= 4 is 17.7 Å². The molecule has 4 nitrogen and oxygen atoms in total. The van der Waals surface area contributed by atoms with Gasteiger partial charge in [0.25, 0.3) is 0 Å². The van der Waals surface area contributed by atoms with Gasteiger partial charge in [0.05, 0.1) is 6.61 Å². The lowest BCUT2D eigenvalue weighted by atomic mass is 10.0. The average Bonchev–Trinajstić information content (AvgIpc) is 3.15. The van der Waals surface area contributed by atoms with Crippen LogP contribution in [0.25, 0.3) is 0 Å². The molecule has 2 saturated heterocycles. The molecule has 0 aromatic heterocycles. The zero-order chi connectivity index (χ0) is 16.8. The Morgan fingerprint density at radius 1 is 1.33 bits per heavy atom. The van der Waals surface area contributed by atoms with Crippen LogP contribution in [0.1, 0.15) is 24.9 Å². The second-order valence-electron chi connectivity index (χ2n) is 6.57. The molecule has 0 unspecified atom stereocenters. The Bertz CT molecular complexity index is 513. The normalized spacial score (nSPS) is 23.1. The zero-order valence-electron chi connectivity index (χ0n) is 14.5. The molecule has 1 amide bonds. The van der Waals surface area contributed by atoms with Crippen molar-refractivity contribution in [1.82, 2.24) is 9.80 Å². The van der Waals surface area contributed by atoms with Crippen LogP contribution < -0.4 is 0 Å². The summed E-state index contributed by atoms with van der Waals surface area (Å²) in [6.07, 6.45) is 1.07. The first kappa shape index (κ1) is 17.8. The van der Waals surface area contributed by atoms with Crippen molar-refractivity contribution in [3.8, 4) is 0 Å². The van der Waals surface area contributed by atoms with Crippen LogP contribution in [0.4, 0.5) is 0 Å². The maximum Gasteiger partial charge on any atom is 0.244 e. The number of carbonyl (C=O) groups excluding carboxylic acids is 1. The summed E-state index contributed by atoms with van der Waals surface area (Å²) in [6, 6.07) is 10.1. The van der Waals surface area contributed by atoms with E-state index in [1.165, 1.54) is 0 Å². The smallest absolute Gasteiger partial charge is 0.244 e. The number of amides is 1. The van der Waals surface area contributed by atoms with Gasteiger partial charge in [-0.2, -0.15) is 11.8 Å². The molecule has 0 spiro atoms. The third kappa shape index (κ3) is 4.32. The van der Waals surface area contributed by atoms with Crippen LogP contribution in [-0.4, -0.2) is 66.6 Å². The second-order valence-corrected chi connectivity index (χ2v) is 7.79.